The van der Waals surface area contributed by atoms with E-state index in [9.17, 15) is 9.90 Å². The maximum absolute atomic E-state index is 11.9. The minimum atomic E-state index is -0.241. The first-order valence-electron chi connectivity index (χ1n) is 6.11. The number of hydrogen-bond acceptors (Lipinski definition) is 2. The largest absolute Gasteiger partial charge is 0.508 e. The van der Waals surface area contributed by atoms with E-state index >= 15 is 0 Å². The van der Waals surface area contributed by atoms with Crippen molar-refractivity contribution in [1.82, 2.24) is 5.32 Å². The van der Waals surface area contributed by atoms with Crippen LogP contribution in [0.15, 0.2) is 29.8 Å². The monoisotopic (exact) mass is 265 g/mol. The SMILES string of the molecule is O=C(NCCC1=CCCC1)c1cc(O)ccc1Cl. The third kappa shape index (κ3) is 3.26. The molecule has 0 saturated carbocycles. The zero-order chi connectivity index (χ0) is 13.0. The molecule has 0 atom stereocenters. The molecule has 2 N–H and O–H groups in total. The lowest BCUT2D eigenvalue weighted by molar-refractivity contribution is 0.0954. The molecule has 1 aliphatic carbocycles. The van der Waals surface area contributed by atoms with Gasteiger partial charge in [0.1, 0.15) is 5.75 Å². The Hall–Kier alpha value is -1.48. The number of benzene rings is 1. The fourth-order valence-corrected chi connectivity index (χ4v) is 2.29. The van der Waals surface area contributed by atoms with Crippen LogP contribution in [0, 0.1) is 0 Å². The Kier molecular flexibility index (Phi) is 4.26. The number of amides is 1. The van der Waals surface area contributed by atoms with Crippen LogP contribution in [0.1, 0.15) is 36.0 Å². The standard InChI is InChI=1S/C14H16ClNO2/c15-13-6-5-11(17)9-12(13)14(18)16-8-7-10-3-1-2-4-10/h3,5-6,9,17H,1-2,4,7-8H2,(H,16,18). The van der Waals surface area contributed by atoms with Crippen molar-refractivity contribution in [2.75, 3.05) is 6.54 Å². The van der Waals surface area contributed by atoms with E-state index in [-0.39, 0.29) is 11.7 Å². The second kappa shape index (κ2) is 5.91. The highest BCUT2D eigenvalue weighted by molar-refractivity contribution is 6.33. The number of aromatic hydroxyl groups is 1. The smallest absolute Gasteiger partial charge is 0.252 e. The van der Waals surface area contributed by atoms with Gasteiger partial charge in [0.2, 0.25) is 0 Å². The van der Waals surface area contributed by atoms with Crippen molar-refractivity contribution in [3.63, 3.8) is 0 Å². The molecule has 0 bridgehead atoms. The zero-order valence-electron chi connectivity index (χ0n) is 10.1. The molecule has 0 spiro atoms. The molecule has 0 saturated heterocycles. The molecule has 1 aromatic carbocycles. The number of allylic oxidation sites excluding steroid dienone is 1. The number of hydrogen-bond donors (Lipinski definition) is 2. The number of rotatable bonds is 4. The minimum absolute atomic E-state index is 0.0445. The summed E-state index contributed by atoms with van der Waals surface area (Å²) >= 11 is 5.91. The number of phenolic OH excluding ortho intramolecular Hbond substituents is 1. The predicted molar refractivity (Wildman–Crippen MR) is 72.0 cm³/mol. The first-order chi connectivity index (χ1) is 8.66. The summed E-state index contributed by atoms with van der Waals surface area (Å²) < 4.78 is 0. The van der Waals surface area contributed by atoms with Crippen LogP contribution in [0.25, 0.3) is 0 Å². The molecule has 3 nitrogen and oxygen atoms in total. The molecule has 96 valence electrons. The topological polar surface area (TPSA) is 49.3 Å². The fourth-order valence-electron chi connectivity index (χ4n) is 2.08. The Bertz CT molecular complexity index is 483. The normalized spacial score (nSPS) is 14.4. The average molecular weight is 266 g/mol. The molecule has 1 aromatic rings. The number of nitrogens with one attached hydrogen (secondary N) is 1. The molecule has 0 aromatic heterocycles. The van der Waals surface area contributed by atoms with Crippen LogP contribution in [-0.4, -0.2) is 17.6 Å². The van der Waals surface area contributed by atoms with E-state index < -0.39 is 0 Å². The number of halogens is 1. The minimum Gasteiger partial charge on any atom is -0.508 e. The van der Waals surface area contributed by atoms with Gasteiger partial charge in [-0.25, -0.2) is 0 Å². The zero-order valence-corrected chi connectivity index (χ0v) is 10.8. The first kappa shape index (κ1) is 13.0. The Morgan fingerprint density at radius 1 is 1.44 bits per heavy atom. The summed E-state index contributed by atoms with van der Waals surface area (Å²) in [4.78, 5) is 11.9. The van der Waals surface area contributed by atoms with Gasteiger partial charge in [-0.05, 0) is 43.9 Å². The van der Waals surface area contributed by atoms with E-state index in [1.165, 1.54) is 30.2 Å². The van der Waals surface area contributed by atoms with E-state index in [1.54, 1.807) is 0 Å². The number of carbonyl (C=O) groups is 1. The van der Waals surface area contributed by atoms with Gasteiger partial charge in [-0.15, -0.1) is 0 Å². The number of carbonyl (C=O) groups excluding carboxylic acids is 1. The fraction of sp³-hybridized carbons (Fsp3) is 0.357. The van der Waals surface area contributed by atoms with Gasteiger partial charge in [-0.3, -0.25) is 4.79 Å². The van der Waals surface area contributed by atoms with Crippen molar-refractivity contribution in [1.29, 1.82) is 0 Å². The average Bonchev–Trinajstić information content (AvgIpc) is 2.85. The lowest BCUT2D eigenvalue weighted by Crippen LogP contribution is -2.24. The molecule has 4 heteroatoms. The maximum atomic E-state index is 11.9. The maximum Gasteiger partial charge on any atom is 0.252 e. The van der Waals surface area contributed by atoms with Crippen LogP contribution in [0.2, 0.25) is 5.02 Å². The van der Waals surface area contributed by atoms with Gasteiger partial charge in [0, 0.05) is 6.54 Å². The summed E-state index contributed by atoms with van der Waals surface area (Å²) in [6, 6.07) is 4.36. The van der Waals surface area contributed by atoms with Crippen molar-refractivity contribution in [3.05, 3.63) is 40.4 Å². The molecular weight excluding hydrogens is 250 g/mol. The van der Waals surface area contributed by atoms with Gasteiger partial charge < -0.3 is 10.4 Å². The second-order valence-corrected chi connectivity index (χ2v) is 4.83. The lowest BCUT2D eigenvalue weighted by Gasteiger charge is -2.07. The first-order valence-corrected chi connectivity index (χ1v) is 6.49. The Balaban J connectivity index is 1.89. The molecule has 1 amide bonds. The van der Waals surface area contributed by atoms with Gasteiger partial charge in [-0.2, -0.15) is 0 Å². The van der Waals surface area contributed by atoms with Crippen molar-refractivity contribution in [3.8, 4) is 5.75 Å². The molecule has 0 radical (unpaired) electrons. The van der Waals surface area contributed by atoms with Crippen LogP contribution in [0.4, 0.5) is 0 Å². The van der Waals surface area contributed by atoms with E-state index in [4.69, 9.17) is 11.6 Å². The van der Waals surface area contributed by atoms with Crippen LogP contribution < -0.4 is 5.32 Å². The highest BCUT2D eigenvalue weighted by Gasteiger charge is 2.11. The Labute approximate surface area is 111 Å². The van der Waals surface area contributed by atoms with E-state index in [2.05, 4.69) is 11.4 Å². The summed E-state index contributed by atoms with van der Waals surface area (Å²) in [5.41, 5.74) is 1.73. The van der Waals surface area contributed by atoms with E-state index in [0.29, 0.717) is 17.1 Å². The summed E-state index contributed by atoms with van der Waals surface area (Å²) in [5, 5.41) is 12.5. The van der Waals surface area contributed by atoms with Crippen molar-refractivity contribution >= 4 is 17.5 Å². The quantitative estimate of drug-likeness (QED) is 0.821. The molecular formula is C14H16ClNO2. The van der Waals surface area contributed by atoms with Gasteiger partial charge in [0.25, 0.3) is 5.91 Å². The Morgan fingerprint density at radius 2 is 2.28 bits per heavy atom. The van der Waals surface area contributed by atoms with Gasteiger partial charge >= 0.3 is 0 Å². The molecule has 0 aliphatic heterocycles. The molecule has 18 heavy (non-hydrogen) atoms. The third-order valence-electron chi connectivity index (χ3n) is 3.06. The van der Waals surface area contributed by atoms with Crippen LogP contribution in [0.3, 0.4) is 0 Å². The molecule has 0 heterocycles. The highest BCUT2D eigenvalue weighted by atomic mass is 35.5. The molecule has 1 aliphatic rings. The van der Waals surface area contributed by atoms with Crippen molar-refractivity contribution < 1.29 is 9.90 Å². The van der Waals surface area contributed by atoms with Crippen LogP contribution in [0.5, 0.6) is 5.75 Å². The number of phenols is 1. The van der Waals surface area contributed by atoms with Gasteiger partial charge in [0.15, 0.2) is 0 Å². The van der Waals surface area contributed by atoms with E-state index in [1.807, 2.05) is 0 Å². The highest BCUT2D eigenvalue weighted by Crippen LogP contribution is 2.22. The molecule has 0 unspecified atom stereocenters. The summed E-state index contributed by atoms with van der Waals surface area (Å²) in [5.74, 6) is -0.197. The van der Waals surface area contributed by atoms with Crippen molar-refractivity contribution in [2.45, 2.75) is 25.7 Å². The molecule has 2 rings (SSSR count). The van der Waals surface area contributed by atoms with E-state index in [0.717, 1.165) is 19.3 Å². The van der Waals surface area contributed by atoms with Gasteiger partial charge in [-0.1, -0.05) is 23.3 Å². The summed E-state index contributed by atoms with van der Waals surface area (Å²) in [6.45, 7) is 0.608. The predicted octanol–water partition coefficient (Wildman–Crippen LogP) is 3.28. The summed E-state index contributed by atoms with van der Waals surface area (Å²) in [7, 11) is 0. The lowest BCUT2D eigenvalue weighted by atomic mass is 10.1. The molecule has 0 fully saturated rings. The summed E-state index contributed by atoms with van der Waals surface area (Å²) in [6.07, 6.45) is 6.65. The second-order valence-electron chi connectivity index (χ2n) is 4.42. The van der Waals surface area contributed by atoms with Crippen LogP contribution in [-0.2, 0) is 0 Å². The Morgan fingerprint density at radius 3 is 3.00 bits per heavy atom. The van der Waals surface area contributed by atoms with Gasteiger partial charge in [0.05, 0.1) is 10.6 Å². The third-order valence-corrected chi connectivity index (χ3v) is 3.39. The van der Waals surface area contributed by atoms with Crippen LogP contribution >= 0.6 is 11.6 Å². The van der Waals surface area contributed by atoms with Crippen molar-refractivity contribution in [2.24, 2.45) is 0 Å².